The zero-order chi connectivity index (χ0) is 26.4. The number of hydrogen-bond donors (Lipinski definition) is 4. The van der Waals surface area contributed by atoms with E-state index < -0.39 is 29.3 Å². The van der Waals surface area contributed by atoms with Gasteiger partial charge in [-0.25, -0.2) is 4.79 Å². The first-order valence-corrected chi connectivity index (χ1v) is 11.8. The van der Waals surface area contributed by atoms with Crippen molar-refractivity contribution in [2.24, 2.45) is 0 Å². The van der Waals surface area contributed by atoms with E-state index >= 15 is 0 Å². The monoisotopic (exact) mass is 505 g/mol. The van der Waals surface area contributed by atoms with Crippen LogP contribution in [0.25, 0.3) is 0 Å². The van der Waals surface area contributed by atoms with Crippen molar-refractivity contribution in [2.75, 3.05) is 29.7 Å². The number of esters is 1. The molecule has 3 aromatic rings. The third-order valence-electron chi connectivity index (χ3n) is 5.74. The normalized spacial score (nSPS) is 14.2. The number of rotatable bonds is 9. The van der Waals surface area contributed by atoms with Gasteiger partial charge in [0.05, 0.1) is 30.8 Å². The summed E-state index contributed by atoms with van der Waals surface area (Å²) < 4.78 is 10.3. The number of benzene rings is 2. The molecule has 1 aliphatic rings. The number of hydrogen-bond acceptors (Lipinski definition) is 8. The van der Waals surface area contributed by atoms with Gasteiger partial charge in [-0.05, 0) is 55.0 Å². The molecule has 0 unspecified atom stereocenters. The largest absolute Gasteiger partial charge is 0.497 e. The van der Waals surface area contributed by atoms with Gasteiger partial charge in [0.1, 0.15) is 11.6 Å². The van der Waals surface area contributed by atoms with Crippen LogP contribution in [0.2, 0.25) is 0 Å². The van der Waals surface area contributed by atoms with Crippen molar-refractivity contribution in [1.82, 2.24) is 9.97 Å². The number of nitrogens with zero attached hydrogens (tertiary/aromatic N) is 1. The van der Waals surface area contributed by atoms with Crippen LogP contribution in [-0.2, 0) is 14.3 Å². The average molecular weight is 506 g/mol. The van der Waals surface area contributed by atoms with Gasteiger partial charge in [0, 0.05) is 17.8 Å². The number of fused-ring (bicyclic) bond motifs is 1. The maximum Gasteiger partial charge on any atom is 0.338 e. The molecule has 1 atom stereocenters. The predicted octanol–water partition coefficient (Wildman–Crippen LogP) is 3.54. The topological polar surface area (TPSA) is 152 Å². The molecule has 0 fully saturated rings. The third-order valence-corrected chi connectivity index (χ3v) is 5.74. The smallest absolute Gasteiger partial charge is 0.338 e. The van der Waals surface area contributed by atoms with Crippen LogP contribution >= 0.6 is 0 Å². The molecule has 37 heavy (non-hydrogen) atoms. The molecule has 0 spiro atoms. The molecular weight excluding hydrogens is 478 g/mol. The maximum absolute atomic E-state index is 13.1. The van der Waals surface area contributed by atoms with Crippen LogP contribution in [0.3, 0.4) is 0 Å². The standard InChI is InChI=1S/C26H27N5O6/c1-3-4-13-37-25(35)15-5-7-16(8-6-15)27-23(33)19-14-20(32)29-22-21(19)24(34)31-26(30-22)28-17-9-11-18(36-2)12-10-17/h5-12,19H,3-4,13-14H2,1-2H3,(H,27,33)(H3,28,29,30,31,32,34)/t19-/m1/s1. The number of aromatic amines is 1. The van der Waals surface area contributed by atoms with Crippen molar-refractivity contribution < 1.29 is 23.9 Å². The lowest BCUT2D eigenvalue weighted by atomic mass is 9.92. The highest BCUT2D eigenvalue weighted by Crippen LogP contribution is 2.30. The number of carbonyl (C=O) groups excluding carboxylic acids is 3. The number of ether oxygens (including phenoxy) is 2. The molecule has 1 aromatic heterocycles. The summed E-state index contributed by atoms with van der Waals surface area (Å²) in [5, 5.41) is 8.24. The van der Waals surface area contributed by atoms with Gasteiger partial charge in [-0.1, -0.05) is 13.3 Å². The predicted molar refractivity (Wildman–Crippen MR) is 137 cm³/mol. The minimum Gasteiger partial charge on any atom is -0.497 e. The van der Waals surface area contributed by atoms with Gasteiger partial charge in [0.25, 0.3) is 5.56 Å². The van der Waals surface area contributed by atoms with E-state index in [2.05, 4.69) is 25.9 Å². The maximum atomic E-state index is 13.1. The Bertz CT molecular complexity index is 1350. The lowest BCUT2D eigenvalue weighted by molar-refractivity contribution is -0.123. The Kier molecular flexibility index (Phi) is 7.82. The first kappa shape index (κ1) is 25.4. The van der Waals surface area contributed by atoms with Crippen LogP contribution in [-0.4, -0.2) is 41.5 Å². The van der Waals surface area contributed by atoms with E-state index in [4.69, 9.17) is 9.47 Å². The Morgan fingerprint density at radius 2 is 1.76 bits per heavy atom. The molecule has 1 aliphatic heterocycles. The fraction of sp³-hybridized carbons (Fsp3) is 0.269. The summed E-state index contributed by atoms with van der Waals surface area (Å²) in [5.74, 6) is -1.68. The van der Waals surface area contributed by atoms with E-state index in [1.807, 2.05) is 6.92 Å². The zero-order valence-corrected chi connectivity index (χ0v) is 20.4. The van der Waals surface area contributed by atoms with Crippen LogP contribution in [0, 0.1) is 0 Å². The SMILES string of the molecule is CCCCOC(=O)c1ccc(NC(=O)[C@@H]2CC(=O)Nc3nc(Nc4ccc(OC)cc4)[nH]c(=O)c32)cc1. The van der Waals surface area contributed by atoms with Gasteiger partial charge in [0.2, 0.25) is 17.8 Å². The molecule has 4 rings (SSSR count). The Morgan fingerprint density at radius 3 is 2.43 bits per heavy atom. The van der Waals surface area contributed by atoms with E-state index in [1.54, 1.807) is 43.5 Å². The van der Waals surface area contributed by atoms with Gasteiger partial charge in [-0.15, -0.1) is 0 Å². The van der Waals surface area contributed by atoms with Gasteiger partial charge < -0.3 is 25.4 Å². The highest BCUT2D eigenvalue weighted by molar-refractivity contribution is 6.04. The quantitative estimate of drug-likeness (QED) is 0.255. The van der Waals surface area contributed by atoms with Crippen molar-refractivity contribution >= 4 is 40.9 Å². The summed E-state index contributed by atoms with van der Waals surface area (Å²) in [6, 6.07) is 13.1. The molecule has 11 nitrogen and oxygen atoms in total. The highest BCUT2D eigenvalue weighted by Gasteiger charge is 2.34. The van der Waals surface area contributed by atoms with Gasteiger partial charge in [-0.2, -0.15) is 4.98 Å². The zero-order valence-electron chi connectivity index (χ0n) is 20.4. The van der Waals surface area contributed by atoms with Crippen molar-refractivity contribution in [1.29, 1.82) is 0 Å². The molecule has 0 radical (unpaired) electrons. The van der Waals surface area contributed by atoms with E-state index in [1.165, 1.54) is 12.1 Å². The summed E-state index contributed by atoms with van der Waals surface area (Å²) in [4.78, 5) is 57.3. The van der Waals surface area contributed by atoms with E-state index in [0.29, 0.717) is 29.3 Å². The second kappa shape index (κ2) is 11.4. The average Bonchev–Trinajstić information content (AvgIpc) is 2.89. The highest BCUT2D eigenvalue weighted by atomic mass is 16.5. The summed E-state index contributed by atoms with van der Waals surface area (Å²) in [5.41, 5.74) is 0.914. The van der Waals surface area contributed by atoms with Crippen LogP contribution in [0.4, 0.5) is 23.1 Å². The van der Waals surface area contributed by atoms with Crippen molar-refractivity contribution in [3.63, 3.8) is 0 Å². The molecule has 0 bridgehead atoms. The number of carbonyl (C=O) groups is 3. The second-order valence-electron chi connectivity index (χ2n) is 8.39. The van der Waals surface area contributed by atoms with Crippen LogP contribution in [0.15, 0.2) is 53.3 Å². The van der Waals surface area contributed by atoms with Gasteiger partial charge >= 0.3 is 5.97 Å². The number of amides is 2. The Labute approximate surface area is 212 Å². The summed E-state index contributed by atoms with van der Waals surface area (Å²) in [6.07, 6.45) is 1.49. The fourth-order valence-corrected chi connectivity index (χ4v) is 3.78. The molecule has 2 amide bonds. The summed E-state index contributed by atoms with van der Waals surface area (Å²) in [7, 11) is 1.56. The number of methoxy groups -OCH3 is 1. The van der Waals surface area contributed by atoms with Crippen molar-refractivity contribution in [3.05, 3.63) is 70.0 Å². The Morgan fingerprint density at radius 1 is 1.05 bits per heavy atom. The summed E-state index contributed by atoms with van der Waals surface area (Å²) in [6.45, 7) is 2.35. The molecule has 11 heteroatoms. The minimum absolute atomic E-state index is 0.0151. The molecule has 192 valence electrons. The lowest BCUT2D eigenvalue weighted by Crippen LogP contribution is -2.36. The minimum atomic E-state index is -1.05. The molecule has 0 aliphatic carbocycles. The molecule has 4 N–H and O–H groups in total. The fourth-order valence-electron chi connectivity index (χ4n) is 3.78. The van der Waals surface area contributed by atoms with Crippen molar-refractivity contribution in [3.8, 4) is 5.75 Å². The van der Waals surface area contributed by atoms with Crippen LogP contribution in [0.5, 0.6) is 5.75 Å². The molecule has 0 saturated carbocycles. The number of H-pyrrole nitrogens is 1. The molecule has 2 aromatic carbocycles. The van der Waals surface area contributed by atoms with Crippen LogP contribution < -0.4 is 26.2 Å². The molecule has 0 saturated heterocycles. The van der Waals surface area contributed by atoms with Crippen LogP contribution in [0.1, 0.15) is 48.0 Å². The Hall–Kier alpha value is -4.67. The van der Waals surface area contributed by atoms with E-state index in [9.17, 15) is 19.2 Å². The lowest BCUT2D eigenvalue weighted by Gasteiger charge is -2.23. The number of nitrogens with one attached hydrogen (secondary N) is 4. The van der Waals surface area contributed by atoms with Crippen molar-refractivity contribution in [2.45, 2.75) is 32.1 Å². The first-order valence-electron chi connectivity index (χ1n) is 11.8. The molecule has 2 heterocycles. The first-order chi connectivity index (χ1) is 17.9. The second-order valence-corrected chi connectivity index (χ2v) is 8.39. The van der Waals surface area contributed by atoms with E-state index in [0.717, 1.165) is 12.8 Å². The number of anilines is 4. The number of unbranched alkanes of at least 4 members (excludes halogenated alkanes) is 1. The van der Waals surface area contributed by atoms with Gasteiger partial charge in [-0.3, -0.25) is 19.4 Å². The number of aromatic nitrogens is 2. The van der Waals surface area contributed by atoms with Gasteiger partial charge in [0.15, 0.2) is 0 Å². The van der Waals surface area contributed by atoms with E-state index in [-0.39, 0.29) is 23.8 Å². The molecular formula is C26H27N5O6. The summed E-state index contributed by atoms with van der Waals surface area (Å²) >= 11 is 0. The Balaban J connectivity index is 1.49. The third kappa shape index (κ3) is 6.13.